The van der Waals surface area contributed by atoms with Crippen LogP contribution in [0.1, 0.15) is 5.82 Å². The molecule has 0 radical (unpaired) electrons. The molecule has 0 saturated carbocycles. The number of carbonyl (C=O) groups excluding carboxylic acids is 1. The second-order valence-electron chi connectivity index (χ2n) is 5.37. The molecule has 2 heterocycles. The number of nitrogens with zero attached hydrogens (tertiary/aromatic N) is 3. The molecule has 0 unspecified atom stereocenters. The molecule has 140 valence electrons. The van der Waals surface area contributed by atoms with Gasteiger partial charge in [0, 0.05) is 29.6 Å². The van der Waals surface area contributed by atoms with Crippen LogP contribution < -0.4 is 4.72 Å². The second kappa shape index (κ2) is 8.05. The van der Waals surface area contributed by atoms with Crippen molar-refractivity contribution in [2.75, 3.05) is 31.0 Å². The fraction of sp³-hybridized carbons (Fsp3) is 0.357. The van der Waals surface area contributed by atoms with Crippen LogP contribution >= 0.6 is 34.7 Å². The second-order valence-corrected chi connectivity index (χ2v) is 8.61. The third kappa shape index (κ3) is 4.63. The summed E-state index contributed by atoms with van der Waals surface area (Å²) in [5.74, 6) is 0.132. The Morgan fingerprint density at radius 2 is 2.04 bits per heavy atom. The minimum absolute atomic E-state index is 0.0000707. The van der Waals surface area contributed by atoms with Crippen LogP contribution in [0.15, 0.2) is 23.1 Å². The zero-order chi connectivity index (χ0) is 18.7. The molecule has 1 N–H and O–H groups in total. The molecular weight excluding hydrogens is 423 g/mol. The van der Waals surface area contributed by atoms with Crippen LogP contribution in [0.5, 0.6) is 0 Å². The number of ether oxygens (including phenoxy) is 1. The molecule has 0 spiro atoms. The van der Waals surface area contributed by atoms with E-state index in [1.807, 2.05) is 0 Å². The number of sulfonamides is 1. The van der Waals surface area contributed by atoms with Gasteiger partial charge in [-0.1, -0.05) is 23.2 Å². The van der Waals surface area contributed by atoms with E-state index in [1.165, 1.54) is 18.2 Å². The number of halogens is 2. The Bertz CT molecular complexity index is 913. The van der Waals surface area contributed by atoms with Crippen molar-refractivity contribution in [3.63, 3.8) is 0 Å². The van der Waals surface area contributed by atoms with E-state index >= 15 is 0 Å². The molecule has 0 bridgehead atoms. The van der Waals surface area contributed by atoms with E-state index in [0.29, 0.717) is 31.3 Å². The predicted octanol–water partition coefficient (Wildman–Crippen LogP) is 2.05. The minimum atomic E-state index is -3.94. The lowest BCUT2D eigenvalue weighted by molar-refractivity contribution is -0.134. The van der Waals surface area contributed by atoms with Crippen molar-refractivity contribution in [2.24, 2.45) is 0 Å². The Labute approximate surface area is 164 Å². The van der Waals surface area contributed by atoms with Gasteiger partial charge in [-0.2, -0.15) is 4.37 Å². The molecule has 0 atom stereocenters. The molecule has 1 aliphatic heterocycles. The van der Waals surface area contributed by atoms with Crippen molar-refractivity contribution in [2.45, 2.75) is 11.3 Å². The molecule has 0 aliphatic carbocycles. The highest BCUT2D eigenvalue weighted by Crippen LogP contribution is 2.27. The quantitative estimate of drug-likeness (QED) is 0.769. The number of anilines is 1. The van der Waals surface area contributed by atoms with Crippen LogP contribution in [0.2, 0.25) is 10.0 Å². The predicted molar refractivity (Wildman–Crippen MR) is 98.3 cm³/mol. The van der Waals surface area contributed by atoms with E-state index < -0.39 is 10.0 Å². The highest BCUT2D eigenvalue weighted by molar-refractivity contribution is 7.93. The zero-order valence-electron chi connectivity index (χ0n) is 13.3. The number of aromatic nitrogens is 2. The molecule has 1 fully saturated rings. The highest BCUT2D eigenvalue weighted by atomic mass is 35.5. The fourth-order valence-electron chi connectivity index (χ4n) is 2.29. The first-order valence-corrected chi connectivity index (χ1v) is 10.5. The summed E-state index contributed by atoms with van der Waals surface area (Å²) in [6.07, 6.45) is -0.0000707. The topological polar surface area (TPSA) is 101 Å². The van der Waals surface area contributed by atoms with Gasteiger partial charge >= 0.3 is 0 Å². The molecule has 1 saturated heterocycles. The maximum absolute atomic E-state index is 12.4. The molecule has 1 aromatic heterocycles. The summed E-state index contributed by atoms with van der Waals surface area (Å²) in [6, 6.07) is 4.07. The maximum atomic E-state index is 12.4. The Balaban J connectivity index is 1.68. The van der Waals surface area contributed by atoms with Crippen LogP contribution in [0.3, 0.4) is 0 Å². The summed E-state index contributed by atoms with van der Waals surface area (Å²) in [7, 11) is -3.94. The van der Waals surface area contributed by atoms with Crippen LogP contribution in [-0.4, -0.2) is 54.9 Å². The van der Waals surface area contributed by atoms with Gasteiger partial charge in [-0.25, -0.2) is 13.4 Å². The summed E-state index contributed by atoms with van der Waals surface area (Å²) < 4.78 is 36.4. The first kappa shape index (κ1) is 19.3. The van der Waals surface area contributed by atoms with Gasteiger partial charge < -0.3 is 9.64 Å². The van der Waals surface area contributed by atoms with E-state index in [1.54, 1.807) is 4.90 Å². The van der Waals surface area contributed by atoms with Crippen molar-refractivity contribution in [3.05, 3.63) is 34.1 Å². The number of rotatable bonds is 5. The van der Waals surface area contributed by atoms with Crippen molar-refractivity contribution >= 4 is 55.8 Å². The summed E-state index contributed by atoms with van der Waals surface area (Å²) in [4.78, 5) is 17.8. The van der Waals surface area contributed by atoms with Gasteiger partial charge in [0.2, 0.25) is 11.0 Å². The zero-order valence-corrected chi connectivity index (χ0v) is 16.5. The Kier molecular flexibility index (Phi) is 5.98. The number of nitrogens with one attached hydrogen (secondary N) is 1. The Hall–Kier alpha value is -1.46. The van der Waals surface area contributed by atoms with Crippen LogP contribution in [0.25, 0.3) is 0 Å². The average Bonchev–Trinajstić information content (AvgIpc) is 3.01. The number of amides is 1. The Morgan fingerprint density at radius 1 is 1.31 bits per heavy atom. The van der Waals surface area contributed by atoms with Gasteiger partial charge in [0.15, 0.2) is 5.82 Å². The van der Waals surface area contributed by atoms with Gasteiger partial charge in [0.25, 0.3) is 10.0 Å². The highest BCUT2D eigenvalue weighted by Gasteiger charge is 2.22. The third-order valence-electron chi connectivity index (χ3n) is 3.55. The molecule has 8 nitrogen and oxygen atoms in total. The van der Waals surface area contributed by atoms with Gasteiger partial charge in [-0.15, -0.1) is 0 Å². The lowest BCUT2D eigenvalue weighted by Gasteiger charge is -2.26. The van der Waals surface area contributed by atoms with E-state index in [0.717, 1.165) is 11.5 Å². The standard InChI is InChI=1S/C14H14Cl2N4O4S2/c15-9-1-2-11(10(16)7-9)26(22,23)19-14-17-12(18-25-14)8-13(21)20-3-5-24-6-4-20/h1-2,7H,3-6,8H2,(H,17,18,19). The fourth-order valence-corrected chi connectivity index (χ4v) is 4.87. The maximum Gasteiger partial charge on any atom is 0.265 e. The van der Waals surface area contributed by atoms with Crippen LogP contribution in [0.4, 0.5) is 5.13 Å². The number of hydrogen-bond acceptors (Lipinski definition) is 7. The van der Waals surface area contributed by atoms with Crippen molar-refractivity contribution in [1.82, 2.24) is 14.3 Å². The first-order chi connectivity index (χ1) is 12.3. The first-order valence-electron chi connectivity index (χ1n) is 7.51. The summed E-state index contributed by atoms with van der Waals surface area (Å²) in [5.41, 5.74) is 0. The van der Waals surface area contributed by atoms with E-state index in [9.17, 15) is 13.2 Å². The third-order valence-corrected chi connectivity index (χ3v) is 6.40. The van der Waals surface area contributed by atoms with Crippen LogP contribution in [-0.2, 0) is 26.0 Å². The van der Waals surface area contributed by atoms with Gasteiger partial charge in [0.05, 0.1) is 24.7 Å². The lowest BCUT2D eigenvalue weighted by atomic mass is 10.3. The SMILES string of the molecule is O=C(Cc1nsc(NS(=O)(=O)c2ccc(Cl)cc2Cl)n1)N1CCOCC1. The normalized spacial score (nSPS) is 15.1. The minimum Gasteiger partial charge on any atom is -0.378 e. The van der Waals surface area contributed by atoms with E-state index in [-0.39, 0.29) is 33.2 Å². The lowest BCUT2D eigenvalue weighted by Crippen LogP contribution is -2.41. The summed E-state index contributed by atoms with van der Waals surface area (Å²) >= 11 is 12.6. The van der Waals surface area contributed by atoms with Crippen molar-refractivity contribution < 1.29 is 17.9 Å². The molecule has 1 amide bonds. The largest absolute Gasteiger partial charge is 0.378 e. The number of carbonyl (C=O) groups is 1. The molecule has 3 rings (SSSR count). The molecule has 12 heteroatoms. The number of benzene rings is 1. The Morgan fingerprint density at radius 3 is 2.73 bits per heavy atom. The average molecular weight is 437 g/mol. The summed E-state index contributed by atoms with van der Waals surface area (Å²) in [5, 5.41) is 0.381. The monoisotopic (exact) mass is 436 g/mol. The van der Waals surface area contributed by atoms with E-state index in [4.69, 9.17) is 27.9 Å². The van der Waals surface area contributed by atoms with Crippen molar-refractivity contribution in [3.8, 4) is 0 Å². The van der Waals surface area contributed by atoms with Crippen LogP contribution in [0, 0.1) is 0 Å². The van der Waals surface area contributed by atoms with Gasteiger partial charge in [-0.3, -0.25) is 9.52 Å². The molecule has 1 aliphatic rings. The smallest absolute Gasteiger partial charge is 0.265 e. The molecule has 26 heavy (non-hydrogen) atoms. The molecular formula is C14H14Cl2N4O4S2. The number of morpholine rings is 1. The van der Waals surface area contributed by atoms with Crippen molar-refractivity contribution in [1.29, 1.82) is 0 Å². The molecule has 1 aromatic carbocycles. The van der Waals surface area contributed by atoms with E-state index in [2.05, 4.69) is 14.1 Å². The van der Waals surface area contributed by atoms with Gasteiger partial charge in [-0.05, 0) is 18.2 Å². The number of hydrogen-bond donors (Lipinski definition) is 1. The summed E-state index contributed by atoms with van der Waals surface area (Å²) in [6.45, 7) is 2.06. The molecule has 2 aromatic rings. The van der Waals surface area contributed by atoms with Gasteiger partial charge in [0.1, 0.15) is 4.90 Å².